The van der Waals surface area contributed by atoms with E-state index in [9.17, 15) is 14.0 Å². The Morgan fingerprint density at radius 3 is 2.57 bits per heavy atom. The second-order valence-electron chi connectivity index (χ2n) is 8.62. The number of fused-ring (bicyclic) bond motifs is 4. The van der Waals surface area contributed by atoms with Crippen molar-refractivity contribution in [3.63, 3.8) is 0 Å². The average Bonchev–Trinajstić information content (AvgIpc) is 2.87. The molecule has 0 saturated heterocycles. The first-order valence-corrected chi connectivity index (χ1v) is 11.7. The van der Waals surface area contributed by atoms with E-state index in [0.717, 1.165) is 11.1 Å². The summed E-state index contributed by atoms with van der Waals surface area (Å²) in [7, 11) is 3.02. The molecule has 6 nitrogen and oxygen atoms in total. The number of nitrogens with one attached hydrogen (secondary N) is 1. The molecule has 35 heavy (non-hydrogen) atoms. The monoisotopic (exact) mass is 494 g/mol. The fourth-order valence-electron chi connectivity index (χ4n) is 5.09. The highest BCUT2D eigenvalue weighted by molar-refractivity contribution is 6.31. The normalized spacial score (nSPS) is 18.3. The maximum atomic E-state index is 13.8. The summed E-state index contributed by atoms with van der Waals surface area (Å²) in [6.45, 7) is 0.626. The van der Waals surface area contributed by atoms with E-state index in [1.54, 1.807) is 23.1 Å². The Bertz CT molecular complexity index is 1330. The Labute approximate surface area is 207 Å². The van der Waals surface area contributed by atoms with Crippen molar-refractivity contribution in [3.05, 3.63) is 93.3 Å². The first kappa shape index (κ1) is 23.2. The second-order valence-corrected chi connectivity index (χ2v) is 9.03. The van der Waals surface area contributed by atoms with Crippen LogP contribution in [-0.4, -0.2) is 37.5 Å². The van der Waals surface area contributed by atoms with Gasteiger partial charge in [-0.2, -0.15) is 0 Å². The highest BCUT2D eigenvalue weighted by Gasteiger charge is 2.46. The van der Waals surface area contributed by atoms with Crippen LogP contribution in [0.2, 0.25) is 5.02 Å². The van der Waals surface area contributed by atoms with E-state index in [0.29, 0.717) is 41.2 Å². The number of hydrogen-bond donors (Lipinski definition) is 1. The maximum absolute atomic E-state index is 13.8. The maximum Gasteiger partial charge on any atom is 0.254 e. The van der Waals surface area contributed by atoms with Crippen LogP contribution in [0.5, 0.6) is 11.5 Å². The summed E-state index contributed by atoms with van der Waals surface area (Å²) in [5, 5.41) is 3.20. The zero-order valence-corrected chi connectivity index (χ0v) is 20.1. The summed E-state index contributed by atoms with van der Waals surface area (Å²) >= 11 is 6.17. The Balaban J connectivity index is 1.60. The molecule has 1 N–H and O–H groups in total. The molecule has 0 unspecified atom stereocenters. The zero-order valence-electron chi connectivity index (χ0n) is 19.3. The summed E-state index contributed by atoms with van der Waals surface area (Å²) in [5.41, 5.74) is 3.66. The Kier molecular flexibility index (Phi) is 6.11. The third-order valence-corrected chi connectivity index (χ3v) is 7.13. The molecule has 180 valence electrons. The lowest BCUT2D eigenvalue weighted by atomic mass is 9.75. The van der Waals surface area contributed by atoms with Gasteiger partial charge in [0.15, 0.2) is 11.5 Å². The van der Waals surface area contributed by atoms with Crippen LogP contribution < -0.4 is 14.8 Å². The van der Waals surface area contributed by atoms with E-state index in [1.165, 1.54) is 26.4 Å². The van der Waals surface area contributed by atoms with Crippen molar-refractivity contribution in [2.45, 2.75) is 24.9 Å². The molecule has 0 fully saturated rings. The predicted octanol–water partition coefficient (Wildman–Crippen LogP) is 4.65. The molecular formula is C27H24ClFN2O4. The minimum atomic E-state index is -0.692. The summed E-state index contributed by atoms with van der Waals surface area (Å²) < 4.78 is 24.4. The standard InChI is InChI=1S/C27H24ClFN2O4/c1-34-22-12-19-20(13-23(22)35-2)27(33)31-10-9-15-5-3-4-6-18(15)25(31)24(19)26(32)30-14-16-7-8-17(29)11-21(16)28/h3-8,11-13,24-25H,9-10,14H2,1-2H3,(H,30,32)/t24-,25+/m0/s1. The van der Waals surface area contributed by atoms with Crippen molar-refractivity contribution < 1.29 is 23.5 Å². The van der Waals surface area contributed by atoms with Gasteiger partial charge in [-0.1, -0.05) is 41.9 Å². The molecule has 0 spiro atoms. The number of carbonyl (C=O) groups excluding carboxylic acids is 2. The van der Waals surface area contributed by atoms with E-state index >= 15 is 0 Å². The molecule has 0 bridgehead atoms. The van der Waals surface area contributed by atoms with Gasteiger partial charge in [0, 0.05) is 23.7 Å². The quantitative estimate of drug-likeness (QED) is 0.560. The van der Waals surface area contributed by atoms with Crippen molar-refractivity contribution in [1.29, 1.82) is 0 Å². The van der Waals surface area contributed by atoms with Crippen LogP contribution in [0, 0.1) is 5.82 Å². The summed E-state index contributed by atoms with van der Waals surface area (Å²) in [5.74, 6) is -0.684. The lowest BCUT2D eigenvalue weighted by Crippen LogP contribution is -2.50. The minimum absolute atomic E-state index is 0.124. The van der Waals surface area contributed by atoms with Crippen LogP contribution in [0.1, 0.15) is 44.6 Å². The lowest BCUT2D eigenvalue weighted by Gasteiger charge is -2.45. The number of amides is 2. The molecule has 0 saturated carbocycles. The Morgan fingerprint density at radius 1 is 1.09 bits per heavy atom. The third-order valence-electron chi connectivity index (χ3n) is 6.78. The van der Waals surface area contributed by atoms with Crippen LogP contribution in [0.25, 0.3) is 0 Å². The second kappa shape index (κ2) is 9.23. The third kappa shape index (κ3) is 4.00. The number of benzene rings is 3. The van der Waals surface area contributed by atoms with E-state index in [1.807, 2.05) is 24.3 Å². The fraction of sp³-hybridized carbons (Fsp3) is 0.259. The number of nitrogens with zero attached hydrogens (tertiary/aromatic N) is 1. The van der Waals surface area contributed by atoms with Gasteiger partial charge < -0.3 is 19.7 Å². The molecule has 3 aromatic rings. The summed E-state index contributed by atoms with van der Waals surface area (Å²) in [6, 6.07) is 14.9. The highest BCUT2D eigenvalue weighted by atomic mass is 35.5. The summed E-state index contributed by atoms with van der Waals surface area (Å²) in [4.78, 5) is 29.2. The van der Waals surface area contributed by atoms with E-state index in [-0.39, 0.29) is 23.4 Å². The smallest absolute Gasteiger partial charge is 0.254 e. The van der Waals surface area contributed by atoms with Crippen molar-refractivity contribution >= 4 is 23.4 Å². The van der Waals surface area contributed by atoms with Crippen molar-refractivity contribution in [1.82, 2.24) is 10.2 Å². The van der Waals surface area contributed by atoms with Crippen LogP contribution in [0.4, 0.5) is 4.39 Å². The molecule has 2 amide bonds. The van der Waals surface area contributed by atoms with Gasteiger partial charge in [0.25, 0.3) is 5.91 Å². The van der Waals surface area contributed by atoms with Crippen molar-refractivity contribution in [3.8, 4) is 11.5 Å². The van der Waals surface area contributed by atoms with Crippen LogP contribution in [0.15, 0.2) is 54.6 Å². The number of halogens is 2. The minimum Gasteiger partial charge on any atom is -0.493 e. The van der Waals surface area contributed by atoms with Crippen LogP contribution >= 0.6 is 11.6 Å². The Hall–Kier alpha value is -3.58. The Morgan fingerprint density at radius 2 is 1.83 bits per heavy atom. The fourth-order valence-corrected chi connectivity index (χ4v) is 5.32. The lowest BCUT2D eigenvalue weighted by molar-refractivity contribution is -0.124. The number of hydrogen-bond acceptors (Lipinski definition) is 4. The molecule has 2 heterocycles. The van der Waals surface area contributed by atoms with E-state index in [4.69, 9.17) is 21.1 Å². The SMILES string of the molecule is COc1cc2c(cc1OC)[C@H](C(=O)NCc1ccc(F)cc1Cl)[C@H]1c3ccccc3CCN1C2=O. The number of carbonyl (C=O) groups is 2. The van der Waals surface area contributed by atoms with Crippen molar-refractivity contribution in [2.24, 2.45) is 0 Å². The van der Waals surface area contributed by atoms with Crippen LogP contribution in [0.3, 0.4) is 0 Å². The van der Waals surface area contributed by atoms with E-state index in [2.05, 4.69) is 5.32 Å². The molecular weight excluding hydrogens is 471 g/mol. The highest BCUT2D eigenvalue weighted by Crippen LogP contribution is 2.48. The number of ether oxygens (including phenoxy) is 2. The first-order chi connectivity index (χ1) is 16.9. The van der Waals surface area contributed by atoms with E-state index < -0.39 is 17.8 Å². The largest absolute Gasteiger partial charge is 0.493 e. The van der Waals surface area contributed by atoms with Gasteiger partial charge in [-0.25, -0.2) is 4.39 Å². The molecule has 8 heteroatoms. The predicted molar refractivity (Wildman–Crippen MR) is 129 cm³/mol. The van der Waals surface area contributed by atoms with Gasteiger partial charge in [0.1, 0.15) is 5.82 Å². The van der Waals surface area contributed by atoms with Gasteiger partial charge >= 0.3 is 0 Å². The molecule has 2 aliphatic rings. The van der Waals surface area contributed by atoms with Gasteiger partial charge in [0.2, 0.25) is 5.91 Å². The molecule has 2 aliphatic heterocycles. The molecule has 3 aromatic carbocycles. The first-order valence-electron chi connectivity index (χ1n) is 11.3. The molecule has 0 radical (unpaired) electrons. The number of rotatable bonds is 5. The molecule has 2 atom stereocenters. The molecule has 5 rings (SSSR count). The van der Waals surface area contributed by atoms with Gasteiger partial charge in [0.05, 0.1) is 26.2 Å². The van der Waals surface area contributed by atoms with Crippen LogP contribution in [-0.2, 0) is 17.8 Å². The average molecular weight is 495 g/mol. The zero-order chi connectivity index (χ0) is 24.7. The van der Waals surface area contributed by atoms with Crippen molar-refractivity contribution in [2.75, 3.05) is 20.8 Å². The topological polar surface area (TPSA) is 67.9 Å². The summed E-state index contributed by atoms with van der Waals surface area (Å²) in [6.07, 6.45) is 0.709. The molecule has 0 aliphatic carbocycles. The van der Waals surface area contributed by atoms with Gasteiger partial charge in [-0.3, -0.25) is 9.59 Å². The van der Waals surface area contributed by atoms with Gasteiger partial charge in [-0.15, -0.1) is 0 Å². The molecule has 0 aromatic heterocycles. The number of methoxy groups -OCH3 is 2. The van der Waals surface area contributed by atoms with Gasteiger partial charge in [-0.05, 0) is 52.9 Å².